The predicted molar refractivity (Wildman–Crippen MR) is 117 cm³/mol. The second-order valence-electron chi connectivity index (χ2n) is 6.89. The van der Waals surface area contributed by atoms with Crippen molar-refractivity contribution in [2.45, 2.75) is 19.4 Å². The highest BCUT2D eigenvalue weighted by Crippen LogP contribution is 2.33. The summed E-state index contributed by atoms with van der Waals surface area (Å²) in [6, 6.07) is 13.4. The maximum absolute atomic E-state index is 13.0. The number of pyridine rings is 1. The van der Waals surface area contributed by atoms with Crippen molar-refractivity contribution in [3.8, 4) is 5.88 Å². The van der Waals surface area contributed by atoms with E-state index in [4.69, 9.17) is 25.5 Å². The fourth-order valence-electron chi connectivity index (χ4n) is 3.33. The summed E-state index contributed by atoms with van der Waals surface area (Å²) in [5.41, 5.74) is 1.69. The summed E-state index contributed by atoms with van der Waals surface area (Å²) in [5, 5.41) is 6.39. The van der Waals surface area contributed by atoms with Crippen LogP contribution in [-0.4, -0.2) is 40.8 Å². The standard InChI is InChI=1S/C23H20ClN3O5/c1-2-30-22-17(5-3-11-25-22)23(29)32-14-21(28)27-19(20-6-4-12-31-20)13-18(26-27)15-7-9-16(24)10-8-15/h3-12,19H,2,13-14H2,1H3. The summed E-state index contributed by atoms with van der Waals surface area (Å²) in [6.07, 6.45) is 3.50. The Labute approximate surface area is 189 Å². The smallest absolute Gasteiger partial charge is 0.344 e. The zero-order valence-electron chi connectivity index (χ0n) is 17.2. The molecule has 32 heavy (non-hydrogen) atoms. The van der Waals surface area contributed by atoms with Gasteiger partial charge in [0.15, 0.2) is 6.61 Å². The van der Waals surface area contributed by atoms with E-state index in [1.807, 2.05) is 12.1 Å². The second kappa shape index (κ2) is 9.65. The van der Waals surface area contributed by atoms with Gasteiger partial charge in [0, 0.05) is 17.6 Å². The Morgan fingerprint density at radius 3 is 2.72 bits per heavy atom. The number of carbonyl (C=O) groups excluding carboxylic acids is 2. The molecule has 0 saturated heterocycles. The van der Waals surface area contributed by atoms with Gasteiger partial charge in [0.05, 0.1) is 18.6 Å². The first-order chi connectivity index (χ1) is 15.6. The van der Waals surface area contributed by atoms with Crippen LogP contribution in [0.1, 0.15) is 41.1 Å². The summed E-state index contributed by atoms with van der Waals surface area (Å²) in [5.74, 6) is -0.440. The van der Waals surface area contributed by atoms with Crippen LogP contribution in [0.5, 0.6) is 5.88 Å². The number of benzene rings is 1. The summed E-state index contributed by atoms with van der Waals surface area (Å²) in [7, 11) is 0. The molecule has 0 spiro atoms. The van der Waals surface area contributed by atoms with Crippen molar-refractivity contribution in [3.05, 3.63) is 82.9 Å². The first-order valence-electron chi connectivity index (χ1n) is 10.0. The van der Waals surface area contributed by atoms with E-state index in [-0.39, 0.29) is 11.4 Å². The number of ether oxygens (including phenoxy) is 2. The summed E-state index contributed by atoms with van der Waals surface area (Å²) in [4.78, 5) is 29.5. The molecule has 1 aliphatic rings. The lowest BCUT2D eigenvalue weighted by Crippen LogP contribution is -2.31. The van der Waals surface area contributed by atoms with E-state index in [0.29, 0.717) is 29.5 Å². The van der Waals surface area contributed by atoms with Crippen molar-refractivity contribution in [2.75, 3.05) is 13.2 Å². The molecule has 0 N–H and O–H groups in total. The van der Waals surface area contributed by atoms with Gasteiger partial charge in [-0.2, -0.15) is 5.10 Å². The quantitative estimate of drug-likeness (QED) is 0.496. The summed E-state index contributed by atoms with van der Waals surface area (Å²) >= 11 is 5.98. The minimum absolute atomic E-state index is 0.150. The van der Waals surface area contributed by atoms with Gasteiger partial charge in [0.25, 0.3) is 5.91 Å². The molecule has 1 unspecified atom stereocenters. The minimum atomic E-state index is -0.703. The number of amides is 1. The zero-order chi connectivity index (χ0) is 22.5. The molecule has 0 bridgehead atoms. The highest BCUT2D eigenvalue weighted by molar-refractivity contribution is 6.30. The number of furan rings is 1. The molecule has 164 valence electrons. The van der Waals surface area contributed by atoms with Crippen LogP contribution in [-0.2, 0) is 9.53 Å². The van der Waals surface area contributed by atoms with E-state index < -0.39 is 24.5 Å². The lowest BCUT2D eigenvalue weighted by molar-refractivity contribution is -0.136. The van der Waals surface area contributed by atoms with Crippen LogP contribution < -0.4 is 4.74 Å². The topological polar surface area (TPSA) is 94.2 Å². The maximum atomic E-state index is 13.0. The molecule has 1 aromatic carbocycles. The molecule has 0 saturated carbocycles. The molecule has 1 aliphatic heterocycles. The van der Waals surface area contributed by atoms with Crippen molar-refractivity contribution < 1.29 is 23.5 Å². The number of rotatable bonds is 7. The number of carbonyl (C=O) groups is 2. The second-order valence-corrected chi connectivity index (χ2v) is 7.33. The molecule has 2 aromatic heterocycles. The zero-order valence-corrected chi connectivity index (χ0v) is 18.0. The van der Waals surface area contributed by atoms with E-state index in [9.17, 15) is 9.59 Å². The predicted octanol–water partition coefficient (Wildman–Crippen LogP) is 4.26. The van der Waals surface area contributed by atoms with Crippen LogP contribution >= 0.6 is 11.6 Å². The van der Waals surface area contributed by atoms with Crippen molar-refractivity contribution in [1.29, 1.82) is 0 Å². The number of nitrogens with zero attached hydrogens (tertiary/aromatic N) is 3. The van der Waals surface area contributed by atoms with Crippen LogP contribution in [0.25, 0.3) is 0 Å². The van der Waals surface area contributed by atoms with Gasteiger partial charge in [-0.3, -0.25) is 4.79 Å². The highest BCUT2D eigenvalue weighted by Gasteiger charge is 2.35. The molecule has 9 heteroatoms. The Morgan fingerprint density at radius 2 is 2.00 bits per heavy atom. The Morgan fingerprint density at radius 1 is 1.19 bits per heavy atom. The molecule has 3 aromatic rings. The Balaban J connectivity index is 1.51. The SMILES string of the molecule is CCOc1ncccc1C(=O)OCC(=O)N1N=C(c2ccc(Cl)cc2)CC1c1ccco1. The Bertz CT molecular complexity index is 1130. The van der Waals surface area contributed by atoms with Gasteiger partial charge < -0.3 is 13.9 Å². The van der Waals surface area contributed by atoms with Crippen molar-refractivity contribution in [3.63, 3.8) is 0 Å². The van der Waals surface area contributed by atoms with E-state index in [2.05, 4.69) is 10.1 Å². The van der Waals surface area contributed by atoms with Gasteiger partial charge in [-0.25, -0.2) is 14.8 Å². The number of hydrogen-bond acceptors (Lipinski definition) is 7. The largest absolute Gasteiger partial charge is 0.477 e. The van der Waals surface area contributed by atoms with Gasteiger partial charge in [-0.15, -0.1) is 0 Å². The third kappa shape index (κ3) is 4.65. The molecule has 1 atom stereocenters. The number of aromatic nitrogens is 1. The van der Waals surface area contributed by atoms with Gasteiger partial charge in [-0.05, 0) is 48.9 Å². The van der Waals surface area contributed by atoms with Crippen LogP contribution in [0.3, 0.4) is 0 Å². The minimum Gasteiger partial charge on any atom is -0.477 e. The van der Waals surface area contributed by atoms with Gasteiger partial charge in [0.1, 0.15) is 17.4 Å². The third-order valence-corrected chi connectivity index (χ3v) is 5.07. The maximum Gasteiger partial charge on any atom is 0.344 e. The molecule has 0 fully saturated rings. The van der Waals surface area contributed by atoms with Crippen LogP contribution in [0, 0.1) is 0 Å². The van der Waals surface area contributed by atoms with Gasteiger partial charge in [0.2, 0.25) is 5.88 Å². The van der Waals surface area contributed by atoms with Crippen molar-refractivity contribution >= 4 is 29.2 Å². The normalized spacial score (nSPS) is 15.4. The molecule has 8 nitrogen and oxygen atoms in total. The fraction of sp³-hybridized carbons (Fsp3) is 0.217. The Kier molecular flexibility index (Phi) is 6.51. The molecule has 4 rings (SSSR count). The lowest BCUT2D eigenvalue weighted by atomic mass is 10.0. The van der Waals surface area contributed by atoms with Crippen molar-refractivity contribution in [2.24, 2.45) is 5.10 Å². The van der Waals surface area contributed by atoms with E-state index in [1.54, 1.807) is 37.3 Å². The average molecular weight is 454 g/mol. The number of esters is 1. The van der Waals surface area contributed by atoms with Crippen LogP contribution in [0.4, 0.5) is 0 Å². The first-order valence-corrected chi connectivity index (χ1v) is 10.4. The van der Waals surface area contributed by atoms with Crippen LogP contribution in [0.15, 0.2) is 70.5 Å². The summed E-state index contributed by atoms with van der Waals surface area (Å²) < 4.78 is 16.1. The summed E-state index contributed by atoms with van der Waals surface area (Å²) in [6.45, 7) is 1.64. The van der Waals surface area contributed by atoms with Gasteiger partial charge in [-0.1, -0.05) is 23.7 Å². The third-order valence-electron chi connectivity index (χ3n) is 4.81. The molecule has 1 amide bonds. The number of hydrogen-bond donors (Lipinski definition) is 0. The molecular formula is C23H20ClN3O5. The molecule has 0 aliphatic carbocycles. The Hall–Kier alpha value is -3.65. The van der Waals surface area contributed by atoms with E-state index in [0.717, 1.165) is 5.56 Å². The number of halogens is 1. The number of hydrazone groups is 1. The van der Waals surface area contributed by atoms with E-state index in [1.165, 1.54) is 23.5 Å². The fourth-order valence-corrected chi connectivity index (χ4v) is 3.45. The van der Waals surface area contributed by atoms with E-state index >= 15 is 0 Å². The molecule has 0 radical (unpaired) electrons. The van der Waals surface area contributed by atoms with Crippen LogP contribution in [0.2, 0.25) is 5.02 Å². The first kappa shape index (κ1) is 21.6. The lowest BCUT2D eigenvalue weighted by Gasteiger charge is -2.19. The average Bonchev–Trinajstić information content (AvgIpc) is 3.48. The van der Waals surface area contributed by atoms with Gasteiger partial charge >= 0.3 is 5.97 Å². The highest BCUT2D eigenvalue weighted by atomic mass is 35.5. The molecule has 3 heterocycles. The monoisotopic (exact) mass is 453 g/mol. The van der Waals surface area contributed by atoms with Crippen molar-refractivity contribution in [1.82, 2.24) is 9.99 Å². The molecular weight excluding hydrogens is 434 g/mol.